The Labute approximate surface area is 157 Å². The van der Waals surface area contributed by atoms with Crippen molar-refractivity contribution in [1.29, 1.82) is 0 Å². The van der Waals surface area contributed by atoms with Gasteiger partial charge in [0, 0.05) is 18.8 Å². The summed E-state index contributed by atoms with van der Waals surface area (Å²) in [6.07, 6.45) is 10.2. The highest BCUT2D eigenvalue weighted by Crippen LogP contribution is 2.10. The second kappa shape index (κ2) is 13.5. The monoisotopic (exact) mass is 369 g/mol. The van der Waals surface area contributed by atoms with Gasteiger partial charge in [-0.1, -0.05) is 37.6 Å². The molecule has 0 saturated carbocycles. The van der Waals surface area contributed by atoms with Crippen LogP contribution < -0.4 is 5.11 Å². The maximum atomic E-state index is 11.9. The number of carbonyl (C=O) groups is 2. The number of unbranched alkanes of at least 4 members (excludes halogenated alkanes) is 1. The SMILES string of the molecule is CCC/C=C/C=C/CC(O)CCCC(=O)OC(CC(=O)[O-])C[N+](C)(C)C. The first kappa shape index (κ1) is 24.3. The van der Waals surface area contributed by atoms with Crippen molar-refractivity contribution in [3.05, 3.63) is 24.3 Å². The molecule has 0 aromatic carbocycles. The third-order valence-corrected chi connectivity index (χ3v) is 3.61. The minimum atomic E-state index is -1.23. The summed E-state index contributed by atoms with van der Waals surface area (Å²) < 4.78 is 5.76. The van der Waals surface area contributed by atoms with Crippen molar-refractivity contribution in [1.82, 2.24) is 0 Å². The lowest BCUT2D eigenvalue weighted by molar-refractivity contribution is -0.873. The predicted octanol–water partition coefficient (Wildman–Crippen LogP) is 1.58. The summed E-state index contributed by atoms with van der Waals surface area (Å²) in [5.74, 6) is -1.67. The molecule has 0 radical (unpaired) electrons. The van der Waals surface area contributed by atoms with E-state index in [9.17, 15) is 19.8 Å². The summed E-state index contributed by atoms with van der Waals surface area (Å²) in [4.78, 5) is 22.7. The predicted molar refractivity (Wildman–Crippen MR) is 100 cm³/mol. The largest absolute Gasteiger partial charge is 0.550 e. The summed E-state index contributed by atoms with van der Waals surface area (Å²) >= 11 is 0. The van der Waals surface area contributed by atoms with Gasteiger partial charge in [-0.2, -0.15) is 0 Å². The molecule has 0 aromatic heterocycles. The van der Waals surface area contributed by atoms with Crippen molar-refractivity contribution in [3.63, 3.8) is 0 Å². The van der Waals surface area contributed by atoms with E-state index in [-0.39, 0.29) is 12.8 Å². The molecule has 0 saturated heterocycles. The third kappa shape index (κ3) is 15.8. The number of esters is 1. The van der Waals surface area contributed by atoms with Gasteiger partial charge in [0.25, 0.3) is 0 Å². The molecule has 2 unspecified atom stereocenters. The number of carboxylic acids is 1. The molecule has 1 N–H and O–H groups in total. The van der Waals surface area contributed by atoms with Crippen molar-refractivity contribution in [2.24, 2.45) is 0 Å². The normalized spacial score (nSPS) is 14.7. The van der Waals surface area contributed by atoms with Gasteiger partial charge in [-0.05, 0) is 25.7 Å². The molecule has 0 rings (SSSR count). The van der Waals surface area contributed by atoms with Gasteiger partial charge < -0.3 is 24.2 Å². The minimum absolute atomic E-state index is 0.165. The number of carbonyl (C=O) groups excluding carboxylic acids is 2. The van der Waals surface area contributed by atoms with Crippen molar-refractivity contribution in [2.45, 2.75) is 64.1 Å². The second-order valence-corrected chi connectivity index (χ2v) is 7.59. The Morgan fingerprint density at radius 1 is 1.19 bits per heavy atom. The van der Waals surface area contributed by atoms with Gasteiger partial charge in [0.15, 0.2) is 6.10 Å². The van der Waals surface area contributed by atoms with Gasteiger partial charge in [0.05, 0.1) is 27.2 Å². The van der Waals surface area contributed by atoms with Gasteiger partial charge in [-0.15, -0.1) is 0 Å². The highest BCUT2D eigenvalue weighted by molar-refractivity contribution is 5.70. The number of carboxylic acid groups (broad SMARTS) is 1. The fourth-order valence-electron chi connectivity index (χ4n) is 2.44. The number of aliphatic hydroxyl groups excluding tert-OH is 1. The summed E-state index contributed by atoms with van der Waals surface area (Å²) in [6.45, 7) is 2.52. The number of quaternary nitrogens is 1. The first-order chi connectivity index (χ1) is 12.1. The van der Waals surface area contributed by atoms with Crippen LogP contribution in [-0.4, -0.2) is 61.4 Å². The maximum absolute atomic E-state index is 11.9. The Bertz CT molecular complexity index is 465. The molecule has 0 aliphatic heterocycles. The number of nitrogens with zero attached hydrogens (tertiary/aromatic N) is 1. The lowest BCUT2D eigenvalue weighted by atomic mass is 10.1. The average molecular weight is 370 g/mol. The van der Waals surface area contributed by atoms with E-state index in [2.05, 4.69) is 13.0 Å². The highest BCUT2D eigenvalue weighted by atomic mass is 16.5. The topological polar surface area (TPSA) is 86.7 Å². The first-order valence-corrected chi connectivity index (χ1v) is 9.33. The van der Waals surface area contributed by atoms with Crippen LogP contribution in [0.1, 0.15) is 51.9 Å². The summed E-state index contributed by atoms with van der Waals surface area (Å²) in [5.41, 5.74) is 0. The van der Waals surface area contributed by atoms with E-state index in [4.69, 9.17) is 4.74 Å². The summed E-state index contributed by atoms with van der Waals surface area (Å²) in [7, 11) is 5.70. The molecule has 6 nitrogen and oxygen atoms in total. The Balaban J connectivity index is 4.12. The number of ether oxygens (including phenoxy) is 1. The van der Waals surface area contributed by atoms with E-state index in [0.717, 1.165) is 12.8 Å². The Morgan fingerprint density at radius 3 is 2.42 bits per heavy atom. The van der Waals surface area contributed by atoms with E-state index in [1.165, 1.54) is 0 Å². The van der Waals surface area contributed by atoms with Gasteiger partial charge >= 0.3 is 5.97 Å². The lowest BCUT2D eigenvalue weighted by Crippen LogP contribution is -2.45. The van der Waals surface area contributed by atoms with Crippen LogP contribution in [0.15, 0.2) is 24.3 Å². The van der Waals surface area contributed by atoms with Crippen LogP contribution in [0.4, 0.5) is 0 Å². The first-order valence-electron chi connectivity index (χ1n) is 9.33. The molecular weight excluding hydrogens is 334 g/mol. The van der Waals surface area contributed by atoms with Gasteiger partial charge in [0.1, 0.15) is 6.54 Å². The van der Waals surface area contributed by atoms with E-state index < -0.39 is 24.1 Å². The zero-order chi connectivity index (χ0) is 20.0. The molecular formula is C20H35NO5. The molecule has 0 amide bonds. The molecule has 0 heterocycles. The fourth-order valence-corrected chi connectivity index (χ4v) is 2.44. The average Bonchev–Trinajstić information content (AvgIpc) is 2.48. The second-order valence-electron chi connectivity index (χ2n) is 7.59. The van der Waals surface area contributed by atoms with Crippen molar-refractivity contribution < 1.29 is 29.0 Å². The molecule has 150 valence electrons. The number of aliphatic carboxylic acids is 1. The fraction of sp³-hybridized carbons (Fsp3) is 0.700. The number of hydrogen-bond acceptors (Lipinski definition) is 5. The summed E-state index contributed by atoms with van der Waals surface area (Å²) in [6, 6.07) is 0. The highest BCUT2D eigenvalue weighted by Gasteiger charge is 2.22. The van der Waals surface area contributed by atoms with Crippen LogP contribution in [-0.2, 0) is 14.3 Å². The molecule has 0 bridgehead atoms. The van der Waals surface area contributed by atoms with Crippen LogP contribution in [0.5, 0.6) is 0 Å². The Kier molecular flexibility index (Phi) is 12.7. The molecule has 26 heavy (non-hydrogen) atoms. The van der Waals surface area contributed by atoms with Crippen molar-refractivity contribution >= 4 is 11.9 Å². The van der Waals surface area contributed by atoms with Crippen molar-refractivity contribution in [3.8, 4) is 0 Å². The smallest absolute Gasteiger partial charge is 0.306 e. The molecule has 0 aromatic rings. The van der Waals surface area contributed by atoms with Crippen LogP contribution in [0.25, 0.3) is 0 Å². The van der Waals surface area contributed by atoms with Gasteiger partial charge in [-0.3, -0.25) is 4.79 Å². The zero-order valence-corrected chi connectivity index (χ0v) is 16.6. The molecule has 0 spiro atoms. The number of rotatable bonds is 14. The molecule has 0 aliphatic rings. The number of allylic oxidation sites excluding steroid dienone is 3. The molecule has 6 heteroatoms. The van der Waals surface area contributed by atoms with Crippen LogP contribution >= 0.6 is 0 Å². The summed E-state index contributed by atoms with van der Waals surface area (Å²) in [5, 5.41) is 20.7. The zero-order valence-electron chi connectivity index (χ0n) is 16.6. The third-order valence-electron chi connectivity index (χ3n) is 3.61. The quantitative estimate of drug-likeness (QED) is 0.285. The van der Waals surface area contributed by atoms with Crippen LogP contribution in [0, 0.1) is 0 Å². The van der Waals surface area contributed by atoms with Gasteiger partial charge in [0.2, 0.25) is 0 Å². The number of likely N-dealkylation sites (N-methyl/N-ethyl adjacent to an activating group) is 1. The van der Waals surface area contributed by atoms with Crippen LogP contribution in [0.3, 0.4) is 0 Å². The van der Waals surface area contributed by atoms with Gasteiger partial charge in [-0.25, -0.2) is 0 Å². The van der Waals surface area contributed by atoms with Crippen LogP contribution in [0.2, 0.25) is 0 Å². The standard InChI is InChI=1S/C20H35NO5/c1-5-6-7-8-9-10-12-17(22)13-11-14-20(25)26-18(15-19(23)24)16-21(2,3)4/h7-10,17-18,22H,5-6,11-16H2,1-4H3/b8-7+,10-9+. The maximum Gasteiger partial charge on any atom is 0.306 e. The lowest BCUT2D eigenvalue weighted by Gasteiger charge is -2.29. The Morgan fingerprint density at radius 2 is 1.85 bits per heavy atom. The Hall–Kier alpha value is -1.66. The van der Waals surface area contributed by atoms with E-state index in [0.29, 0.717) is 30.3 Å². The van der Waals surface area contributed by atoms with E-state index in [1.807, 2.05) is 39.4 Å². The molecule has 0 fully saturated rings. The van der Waals surface area contributed by atoms with E-state index >= 15 is 0 Å². The number of aliphatic hydroxyl groups is 1. The molecule has 2 atom stereocenters. The number of hydrogen-bond donors (Lipinski definition) is 1. The van der Waals surface area contributed by atoms with E-state index in [1.54, 1.807) is 0 Å². The van der Waals surface area contributed by atoms with Crippen molar-refractivity contribution in [2.75, 3.05) is 27.7 Å². The molecule has 0 aliphatic carbocycles. The minimum Gasteiger partial charge on any atom is -0.550 e.